The van der Waals surface area contributed by atoms with Gasteiger partial charge in [0.05, 0.1) is 0 Å². The highest BCUT2D eigenvalue weighted by Gasteiger charge is 2.14. The fourth-order valence-corrected chi connectivity index (χ4v) is 6.72. The maximum Gasteiger partial charge on any atom is 0.306 e. The summed E-state index contributed by atoms with van der Waals surface area (Å²) >= 11 is 0. The molecular weight excluding hydrogens is 568 g/mol. The first-order valence-corrected chi connectivity index (χ1v) is 21.0. The van der Waals surface area contributed by atoms with E-state index >= 15 is 0 Å². The fourth-order valence-electron chi connectivity index (χ4n) is 6.72. The number of ether oxygens (including phenoxy) is 1. The van der Waals surface area contributed by atoms with Gasteiger partial charge in [0.25, 0.3) is 0 Å². The van der Waals surface area contributed by atoms with Crippen molar-refractivity contribution >= 4 is 11.9 Å². The molecule has 0 radical (unpaired) electrons. The van der Waals surface area contributed by atoms with E-state index in [0.717, 1.165) is 64.2 Å². The lowest BCUT2D eigenvalue weighted by Crippen LogP contribution is -2.18. The van der Waals surface area contributed by atoms with E-state index in [2.05, 4.69) is 13.8 Å². The van der Waals surface area contributed by atoms with E-state index in [9.17, 15) is 9.59 Å². The average Bonchev–Trinajstić information content (AvgIpc) is 3.04. The first-order chi connectivity index (χ1) is 22.6. The predicted octanol–water partition coefficient (Wildman–Crippen LogP) is 14.5. The molecule has 0 saturated carbocycles. The molecule has 0 heterocycles. The van der Waals surface area contributed by atoms with Crippen LogP contribution in [-0.4, -0.2) is 23.1 Å². The van der Waals surface area contributed by atoms with Gasteiger partial charge in [-0.25, -0.2) is 0 Å². The largest absolute Gasteiger partial charge is 0.481 e. The Morgan fingerprint density at radius 2 is 0.652 bits per heavy atom. The zero-order valence-corrected chi connectivity index (χ0v) is 31.4. The van der Waals surface area contributed by atoms with Gasteiger partial charge in [0.2, 0.25) is 0 Å². The quantitative estimate of drug-likeness (QED) is 0.0531. The zero-order valence-electron chi connectivity index (χ0n) is 31.4. The number of hydrogen-bond acceptors (Lipinski definition) is 3. The van der Waals surface area contributed by atoms with Gasteiger partial charge >= 0.3 is 11.9 Å². The molecule has 0 aromatic heterocycles. The Labute approximate surface area is 288 Å². The third-order valence-corrected chi connectivity index (χ3v) is 9.83. The minimum atomic E-state index is -0.695. The molecule has 0 aliphatic carbocycles. The second-order valence-corrected chi connectivity index (χ2v) is 14.5. The van der Waals surface area contributed by atoms with Crippen molar-refractivity contribution in [1.29, 1.82) is 0 Å². The van der Waals surface area contributed by atoms with Gasteiger partial charge in [-0.1, -0.05) is 200 Å². The molecule has 0 spiro atoms. The Bertz CT molecular complexity index is 619. The molecule has 46 heavy (non-hydrogen) atoms. The second-order valence-electron chi connectivity index (χ2n) is 14.5. The van der Waals surface area contributed by atoms with Crippen LogP contribution in [0.25, 0.3) is 0 Å². The average molecular weight is 651 g/mol. The van der Waals surface area contributed by atoms with Crippen LogP contribution in [0.2, 0.25) is 0 Å². The molecular formula is C42H82O4. The van der Waals surface area contributed by atoms with E-state index < -0.39 is 5.97 Å². The highest BCUT2D eigenvalue weighted by atomic mass is 16.5. The summed E-state index contributed by atoms with van der Waals surface area (Å²) in [6.45, 7) is 4.57. The lowest BCUT2D eigenvalue weighted by atomic mass is 10.0. The molecule has 0 bridgehead atoms. The molecule has 1 atom stereocenters. The van der Waals surface area contributed by atoms with E-state index in [-0.39, 0.29) is 18.5 Å². The third kappa shape index (κ3) is 37.4. The number of carbonyl (C=O) groups is 2. The first kappa shape index (κ1) is 44.9. The fraction of sp³-hybridized carbons (Fsp3) is 0.952. The molecule has 274 valence electrons. The van der Waals surface area contributed by atoms with Crippen molar-refractivity contribution in [3.8, 4) is 0 Å². The Morgan fingerprint density at radius 1 is 0.391 bits per heavy atom. The van der Waals surface area contributed by atoms with Crippen molar-refractivity contribution in [1.82, 2.24) is 0 Å². The summed E-state index contributed by atoms with van der Waals surface area (Å²) in [5, 5.41) is 8.83. The van der Waals surface area contributed by atoms with Gasteiger partial charge in [0.1, 0.15) is 6.10 Å². The summed E-state index contributed by atoms with van der Waals surface area (Å²) in [6.07, 6.45) is 45.5. The van der Waals surface area contributed by atoms with Crippen LogP contribution in [0, 0.1) is 0 Å². The second kappa shape index (κ2) is 38.4. The molecule has 0 rings (SSSR count). The molecule has 0 aliphatic heterocycles. The highest BCUT2D eigenvalue weighted by Crippen LogP contribution is 2.19. The van der Waals surface area contributed by atoms with Gasteiger partial charge in [-0.15, -0.1) is 0 Å². The van der Waals surface area contributed by atoms with Crippen molar-refractivity contribution in [2.24, 2.45) is 0 Å². The van der Waals surface area contributed by atoms with E-state index in [1.54, 1.807) is 0 Å². The number of esters is 1. The number of aliphatic carboxylic acids is 1. The standard InChI is InChI=1S/C42H82O4/c1-3-5-7-9-11-13-15-17-18-20-22-24-26-31-35-39-42(45)46-40(37-33-29-27-30-34-38-41(43)44)36-32-28-25-23-21-19-16-14-12-10-8-6-4-2/h40H,3-39H2,1-2H3,(H,43,44). The summed E-state index contributed by atoms with van der Waals surface area (Å²) in [7, 11) is 0. The van der Waals surface area contributed by atoms with E-state index in [0.29, 0.717) is 6.42 Å². The summed E-state index contributed by atoms with van der Waals surface area (Å²) in [5.41, 5.74) is 0. The van der Waals surface area contributed by atoms with Crippen LogP contribution in [0.3, 0.4) is 0 Å². The van der Waals surface area contributed by atoms with Crippen LogP contribution in [-0.2, 0) is 14.3 Å². The molecule has 1 unspecified atom stereocenters. The molecule has 0 aromatic carbocycles. The number of rotatable bonds is 39. The van der Waals surface area contributed by atoms with Crippen molar-refractivity contribution < 1.29 is 19.4 Å². The molecule has 0 fully saturated rings. The Balaban J connectivity index is 3.96. The van der Waals surface area contributed by atoms with Gasteiger partial charge in [-0.3, -0.25) is 9.59 Å². The zero-order chi connectivity index (χ0) is 33.6. The van der Waals surface area contributed by atoms with Gasteiger partial charge in [0.15, 0.2) is 0 Å². The molecule has 0 aromatic rings. The minimum absolute atomic E-state index is 0.0100. The summed E-state index contributed by atoms with van der Waals surface area (Å²) in [4.78, 5) is 23.4. The molecule has 1 N–H and O–H groups in total. The lowest BCUT2D eigenvalue weighted by Gasteiger charge is -2.18. The molecule has 0 aliphatic rings. The van der Waals surface area contributed by atoms with E-state index in [1.807, 2.05) is 0 Å². The minimum Gasteiger partial charge on any atom is -0.481 e. The number of carboxylic acid groups (broad SMARTS) is 1. The predicted molar refractivity (Wildman–Crippen MR) is 200 cm³/mol. The van der Waals surface area contributed by atoms with Gasteiger partial charge < -0.3 is 9.84 Å². The van der Waals surface area contributed by atoms with Crippen LogP contribution in [0.1, 0.15) is 251 Å². The Morgan fingerprint density at radius 3 is 0.957 bits per heavy atom. The Hall–Kier alpha value is -1.06. The summed E-state index contributed by atoms with van der Waals surface area (Å²) in [5.74, 6) is -0.685. The van der Waals surface area contributed by atoms with Crippen molar-refractivity contribution in [2.45, 2.75) is 258 Å². The maximum absolute atomic E-state index is 12.7. The van der Waals surface area contributed by atoms with Gasteiger partial charge in [-0.2, -0.15) is 0 Å². The van der Waals surface area contributed by atoms with Crippen molar-refractivity contribution in [2.75, 3.05) is 0 Å². The number of hydrogen-bond donors (Lipinski definition) is 1. The van der Waals surface area contributed by atoms with E-state index in [4.69, 9.17) is 9.84 Å². The van der Waals surface area contributed by atoms with Gasteiger partial charge in [-0.05, 0) is 38.5 Å². The maximum atomic E-state index is 12.7. The topological polar surface area (TPSA) is 63.6 Å². The van der Waals surface area contributed by atoms with Gasteiger partial charge in [0, 0.05) is 12.8 Å². The SMILES string of the molecule is CCCCCCCCCCCCCCCCCC(=O)OC(CCCCCCCCCCCCCCC)CCCCCCCC(=O)O. The number of unbranched alkanes of at least 4 members (excludes halogenated alkanes) is 30. The van der Waals surface area contributed by atoms with E-state index in [1.165, 1.54) is 161 Å². The monoisotopic (exact) mass is 651 g/mol. The van der Waals surface area contributed by atoms with Crippen LogP contribution < -0.4 is 0 Å². The van der Waals surface area contributed by atoms with Crippen molar-refractivity contribution in [3.63, 3.8) is 0 Å². The summed E-state index contributed by atoms with van der Waals surface area (Å²) in [6, 6.07) is 0. The van der Waals surface area contributed by atoms with Crippen LogP contribution in [0.5, 0.6) is 0 Å². The van der Waals surface area contributed by atoms with Crippen LogP contribution >= 0.6 is 0 Å². The number of carbonyl (C=O) groups excluding carboxylic acids is 1. The lowest BCUT2D eigenvalue weighted by molar-refractivity contribution is -0.150. The molecule has 0 saturated heterocycles. The molecule has 4 nitrogen and oxygen atoms in total. The van der Waals surface area contributed by atoms with Crippen LogP contribution in [0.4, 0.5) is 0 Å². The normalized spacial score (nSPS) is 12.0. The Kier molecular flexibility index (Phi) is 37.5. The molecule has 4 heteroatoms. The first-order valence-electron chi connectivity index (χ1n) is 21.0. The smallest absolute Gasteiger partial charge is 0.306 e. The van der Waals surface area contributed by atoms with Crippen LogP contribution in [0.15, 0.2) is 0 Å². The molecule has 0 amide bonds. The highest BCUT2D eigenvalue weighted by molar-refractivity contribution is 5.69. The van der Waals surface area contributed by atoms with Crippen molar-refractivity contribution in [3.05, 3.63) is 0 Å². The third-order valence-electron chi connectivity index (χ3n) is 9.83. The number of carboxylic acids is 1. The summed E-state index contributed by atoms with van der Waals surface area (Å²) < 4.78 is 6.02.